The molecular formula is C18H17ClN2O2S. The van der Waals surface area contributed by atoms with Gasteiger partial charge in [0.2, 0.25) is 11.8 Å². The van der Waals surface area contributed by atoms with Crippen molar-refractivity contribution in [3.05, 3.63) is 59.1 Å². The van der Waals surface area contributed by atoms with Gasteiger partial charge in [-0.2, -0.15) is 0 Å². The largest absolute Gasteiger partial charge is 0.341 e. The Hall–Kier alpha value is -1.98. The zero-order valence-corrected chi connectivity index (χ0v) is 14.7. The van der Waals surface area contributed by atoms with Gasteiger partial charge in [0.25, 0.3) is 0 Å². The molecule has 0 fully saturated rings. The summed E-state index contributed by atoms with van der Waals surface area (Å²) < 4.78 is 0. The Bertz CT molecular complexity index is 781. The number of para-hydroxylation sites is 1. The summed E-state index contributed by atoms with van der Waals surface area (Å²) in [6, 6.07) is 15.0. The quantitative estimate of drug-likeness (QED) is 0.902. The predicted octanol–water partition coefficient (Wildman–Crippen LogP) is 3.80. The van der Waals surface area contributed by atoms with Crippen LogP contribution in [-0.2, 0) is 16.1 Å². The Balaban J connectivity index is 1.63. The molecule has 4 nitrogen and oxygen atoms in total. The van der Waals surface area contributed by atoms with Crippen molar-refractivity contribution in [3.63, 3.8) is 0 Å². The molecule has 1 N–H and O–H groups in total. The Labute approximate surface area is 150 Å². The van der Waals surface area contributed by atoms with Gasteiger partial charge in [-0.15, -0.1) is 11.8 Å². The lowest BCUT2D eigenvalue weighted by atomic mass is 10.2. The number of nitrogens with zero attached hydrogens (tertiary/aromatic N) is 1. The van der Waals surface area contributed by atoms with Crippen molar-refractivity contribution in [2.75, 3.05) is 12.4 Å². The van der Waals surface area contributed by atoms with E-state index in [0.29, 0.717) is 11.6 Å². The van der Waals surface area contributed by atoms with Crippen molar-refractivity contribution in [1.82, 2.24) is 4.90 Å². The van der Waals surface area contributed by atoms with Crippen LogP contribution in [0.5, 0.6) is 0 Å². The second kappa shape index (κ2) is 7.28. The number of hydrogen-bond acceptors (Lipinski definition) is 3. The van der Waals surface area contributed by atoms with Gasteiger partial charge in [-0.3, -0.25) is 9.59 Å². The lowest BCUT2D eigenvalue weighted by Crippen LogP contribution is -2.35. The monoisotopic (exact) mass is 360 g/mol. The number of halogens is 1. The van der Waals surface area contributed by atoms with Crippen molar-refractivity contribution in [2.24, 2.45) is 0 Å². The Morgan fingerprint density at radius 1 is 1.25 bits per heavy atom. The van der Waals surface area contributed by atoms with Crippen molar-refractivity contribution in [3.8, 4) is 0 Å². The summed E-state index contributed by atoms with van der Waals surface area (Å²) in [4.78, 5) is 27.3. The Kier molecular flexibility index (Phi) is 5.11. The summed E-state index contributed by atoms with van der Waals surface area (Å²) in [5.41, 5.74) is 1.77. The predicted molar refractivity (Wildman–Crippen MR) is 97.3 cm³/mol. The zero-order chi connectivity index (χ0) is 17.1. The van der Waals surface area contributed by atoms with E-state index in [1.165, 1.54) is 11.8 Å². The smallest absolute Gasteiger partial charge is 0.238 e. The minimum atomic E-state index is -0.408. The molecule has 1 heterocycles. The highest BCUT2D eigenvalue weighted by Crippen LogP contribution is 2.36. The lowest BCUT2D eigenvalue weighted by molar-refractivity contribution is -0.131. The van der Waals surface area contributed by atoms with E-state index in [1.54, 1.807) is 18.0 Å². The van der Waals surface area contributed by atoms with E-state index in [4.69, 9.17) is 11.6 Å². The zero-order valence-electron chi connectivity index (χ0n) is 13.2. The number of fused-ring (bicyclic) bond motifs is 1. The van der Waals surface area contributed by atoms with Crippen LogP contribution in [0, 0.1) is 0 Å². The topological polar surface area (TPSA) is 49.4 Å². The van der Waals surface area contributed by atoms with Crippen LogP contribution in [0.15, 0.2) is 53.4 Å². The highest BCUT2D eigenvalue weighted by Gasteiger charge is 2.29. The van der Waals surface area contributed by atoms with E-state index in [-0.39, 0.29) is 18.2 Å². The van der Waals surface area contributed by atoms with E-state index in [2.05, 4.69) is 5.32 Å². The van der Waals surface area contributed by atoms with Gasteiger partial charge in [-0.05, 0) is 29.8 Å². The number of rotatable bonds is 4. The minimum Gasteiger partial charge on any atom is -0.341 e. The second-order valence-electron chi connectivity index (χ2n) is 5.68. The highest BCUT2D eigenvalue weighted by atomic mass is 35.5. The molecule has 3 rings (SSSR count). The average Bonchev–Trinajstić information content (AvgIpc) is 2.55. The van der Waals surface area contributed by atoms with Gasteiger partial charge in [0, 0.05) is 29.9 Å². The number of carbonyl (C=O) groups excluding carboxylic acids is 2. The molecule has 2 aromatic carbocycles. The van der Waals surface area contributed by atoms with E-state index in [0.717, 1.165) is 16.1 Å². The molecular weight excluding hydrogens is 344 g/mol. The van der Waals surface area contributed by atoms with Crippen LogP contribution >= 0.6 is 23.4 Å². The molecule has 124 valence electrons. The molecule has 2 aromatic rings. The Morgan fingerprint density at radius 3 is 2.83 bits per heavy atom. The van der Waals surface area contributed by atoms with E-state index >= 15 is 0 Å². The Morgan fingerprint density at radius 2 is 2.04 bits per heavy atom. The maximum atomic E-state index is 12.5. The van der Waals surface area contributed by atoms with Gasteiger partial charge in [0.15, 0.2) is 0 Å². The van der Waals surface area contributed by atoms with Gasteiger partial charge in [0.05, 0.1) is 10.9 Å². The summed E-state index contributed by atoms with van der Waals surface area (Å²) in [7, 11) is 1.74. The van der Waals surface area contributed by atoms with Gasteiger partial charge in [-0.1, -0.05) is 35.9 Å². The fourth-order valence-electron chi connectivity index (χ4n) is 2.54. The van der Waals surface area contributed by atoms with Gasteiger partial charge in [-0.25, -0.2) is 0 Å². The summed E-state index contributed by atoms with van der Waals surface area (Å²) >= 11 is 7.41. The first-order valence-electron chi connectivity index (χ1n) is 7.58. The molecule has 0 saturated carbocycles. The fraction of sp³-hybridized carbons (Fsp3) is 0.222. The molecule has 1 aliphatic heterocycles. The first kappa shape index (κ1) is 16.9. The number of amides is 2. The number of carbonyl (C=O) groups is 2. The van der Waals surface area contributed by atoms with E-state index < -0.39 is 5.25 Å². The molecule has 0 spiro atoms. The van der Waals surface area contributed by atoms with Crippen LogP contribution < -0.4 is 5.32 Å². The van der Waals surface area contributed by atoms with Crippen molar-refractivity contribution in [2.45, 2.75) is 23.1 Å². The molecule has 1 aliphatic rings. The first-order chi connectivity index (χ1) is 11.5. The molecule has 24 heavy (non-hydrogen) atoms. The van der Waals surface area contributed by atoms with E-state index in [9.17, 15) is 9.59 Å². The molecule has 0 aromatic heterocycles. The number of hydrogen-bond donors (Lipinski definition) is 1. The number of thioether (sulfide) groups is 1. The number of nitrogens with one attached hydrogen (secondary N) is 1. The molecule has 0 bridgehead atoms. The van der Waals surface area contributed by atoms with Gasteiger partial charge < -0.3 is 10.2 Å². The molecule has 2 amide bonds. The maximum absolute atomic E-state index is 12.5. The average molecular weight is 361 g/mol. The van der Waals surface area contributed by atoms with Crippen molar-refractivity contribution >= 4 is 40.9 Å². The summed E-state index contributed by atoms with van der Waals surface area (Å²) in [6.45, 7) is 0.467. The number of benzene rings is 2. The molecule has 6 heteroatoms. The summed E-state index contributed by atoms with van der Waals surface area (Å²) in [5.74, 6) is -0.190. The first-order valence-corrected chi connectivity index (χ1v) is 8.83. The van der Waals surface area contributed by atoms with Crippen LogP contribution in [-0.4, -0.2) is 29.0 Å². The van der Waals surface area contributed by atoms with Crippen LogP contribution in [0.3, 0.4) is 0 Å². The third-order valence-corrected chi connectivity index (χ3v) is 5.31. The van der Waals surface area contributed by atoms with Gasteiger partial charge in [0.1, 0.15) is 0 Å². The fourth-order valence-corrected chi connectivity index (χ4v) is 3.85. The van der Waals surface area contributed by atoms with Crippen LogP contribution in [0.25, 0.3) is 0 Å². The minimum absolute atomic E-state index is 0.0676. The maximum Gasteiger partial charge on any atom is 0.238 e. The third-order valence-electron chi connectivity index (χ3n) is 3.80. The SMILES string of the molecule is CN(Cc1cccc(Cl)c1)C(=O)C[C@@H]1Sc2ccccc2NC1=O. The van der Waals surface area contributed by atoms with Crippen molar-refractivity contribution in [1.29, 1.82) is 0 Å². The van der Waals surface area contributed by atoms with Crippen molar-refractivity contribution < 1.29 is 9.59 Å². The normalized spacial score (nSPS) is 16.2. The van der Waals surface area contributed by atoms with Crippen LogP contribution in [0.1, 0.15) is 12.0 Å². The molecule has 0 aliphatic carbocycles. The van der Waals surface area contributed by atoms with Gasteiger partial charge >= 0.3 is 0 Å². The third kappa shape index (κ3) is 3.91. The van der Waals surface area contributed by atoms with Crippen LogP contribution in [0.2, 0.25) is 5.02 Å². The highest BCUT2D eigenvalue weighted by molar-refractivity contribution is 8.01. The van der Waals surface area contributed by atoms with Crippen LogP contribution in [0.4, 0.5) is 5.69 Å². The molecule has 0 radical (unpaired) electrons. The molecule has 1 atom stereocenters. The van der Waals surface area contributed by atoms with E-state index in [1.807, 2.05) is 42.5 Å². The molecule has 0 unspecified atom stereocenters. The second-order valence-corrected chi connectivity index (χ2v) is 7.36. The number of anilines is 1. The summed E-state index contributed by atoms with van der Waals surface area (Å²) in [6.07, 6.45) is 0.169. The molecule has 0 saturated heterocycles. The lowest BCUT2D eigenvalue weighted by Gasteiger charge is -2.25. The summed E-state index contributed by atoms with van der Waals surface area (Å²) in [5, 5.41) is 3.10. The standard InChI is InChI=1S/C18H17ClN2O2S/c1-21(11-12-5-4-6-13(19)9-12)17(22)10-16-18(23)20-14-7-2-3-8-15(14)24-16/h2-9,16H,10-11H2,1H3,(H,20,23)/t16-/m0/s1.